The summed E-state index contributed by atoms with van der Waals surface area (Å²) in [6.45, 7) is 4.98. The second-order valence-electron chi connectivity index (χ2n) is 7.08. The second-order valence-corrected chi connectivity index (χ2v) is 9.61. The molecule has 1 aromatic heterocycles. The van der Waals surface area contributed by atoms with Gasteiger partial charge in [0.2, 0.25) is 15.9 Å². The highest BCUT2D eigenvalue weighted by Crippen LogP contribution is 2.35. The zero-order valence-electron chi connectivity index (χ0n) is 16.7. The first-order valence-electron chi connectivity index (χ1n) is 9.06. The van der Waals surface area contributed by atoms with Crippen molar-refractivity contribution in [2.24, 2.45) is 5.14 Å². The fraction of sp³-hybridized carbons (Fsp3) is 0.300. The summed E-state index contributed by atoms with van der Waals surface area (Å²) in [5.41, 5.74) is 2.53. The van der Waals surface area contributed by atoms with Crippen LogP contribution in [0.3, 0.4) is 0 Å². The van der Waals surface area contributed by atoms with Crippen LogP contribution in [0.4, 0.5) is 5.69 Å². The number of sulfonamides is 1. The minimum absolute atomic E-state index is 0.0148. The van der Waals surface area contributed by atoms with Gasteiger partial charge >= 0.3 is 0 Å². The Morgan fingerprint density at radius 2 is 2.07 bits per heavy atom. The molecule has 1 aromatic carbocycles. The van der Waals surface area contributed by atoms with Gasteiger partial charge in [-0.05, 0) is 57.0 Å². The summed E-state index contributed by atoms with van der Waals surface area (Å²) in [5, 5.41) is 15.0. The van der Waals surface area contributed by atoms with Gasteiger partial charge in [0.25, 0.3) is 0 Å². The van der Waals surface area contributed by atoms with Crippen LogP contribution >= 0.6 is 11.8 Å². The number of nitriles is 1. The van der Waals surface area contributed by atoms with Gasteiger partial charge in [-0.25, -0.2) is 18.5 Å². The van der Waals surface area contributed by atoms with Gasteiger partial charge in [-0.15, -0.1) is 0 Å². The van der Waals surface area contributed by atoms with E-state index in [1.807, 2.05) is 13.0 Å². The average Bonchev–Trinajstić information content (AvgIpc) is 3.00. The van der Waals surface area contributed by atoms with Crippen molar-refractivity contribution < 1.29 is 18.0 Å². The molecule has 2 heterocycles. The number of Topliss-reactive ketones (excluding diaryl/α,β-unsaturated/α-hetero) is 1. The van der Waals surface area contributed by atoms with E-state index in [4.69, 9.17) is 5.14 Å². The Morgan fingerprint density at radius 3 is 2.67 bits per heavy atom. The smallest absolute Gasteiger partial charge is 0.238 e. The third-order valence-corrected chi connectivity index (χ3v) is 6.76. The molecule has 0 saturated carbocycles. The van der Waals surface area contributed by atoms with Crippen molar-refractivity contribution in [1.82, 2.24) is 4.98 Å². The highest BCUT2D eigenvalue weighted by Gasteiger charge is 2.32. The number of thioether (sulfide) groups is 1. The second kappa shape index (κ2) is 8.18. The molecule has 1 aliphatic heterocycles. The number of fused-ring (bicyclic) bond motifs is 1. The van der Waals surface area contributed by atoms with Gasteiger partial charge in [0.15, 0.2) is 5.78 Å². The van der Waals surface area contributed by atoms with Crippen LogP contribution < -0.4 is 10.0 Å². The van der Waals surface area contributed by atoms with Crippen molar-refractivity contribution >= 4 is 39.2 Å². The number of ketones is 1. The molecule has 8 nitrogen and oxygen atoms in total. The van der Waals surface area contributed by atoms with E-state index in [2.05, 4.69) is 4.98 Å². The highest BCUT2D eigenvalue weighted by atomic mass is 32.2. The molecule has 0 bridgehead atoms. The minimum Gasteiger partial charge on any atom is -0.308 e. The number of aryl methyl sites for hydroxylation is 1. The van der Waals surface area contributed by atoms with Gasteiger partial charge in [0, 0.05) is 23.0 Å². The molecule has 30 heavy (non-hydrogen) atoms. The van der Waals surface area contributed by atoms with Gasteiger partial charge in [0.1, 0.15) is 11.1 Å². The Hall–Kier alpha value is -2.74. The molecule has 156 valence electrons. The quantitative estimate of drug-likeness (QED) is 0.552. The molecule has 0 unspecified atom stereocenters. The number of nitrogens with two attached hydrogens (primary N) is 1. The number of aromatic nitrogens is 1. The number of amides is 1. The normalized spacial score (nSPS) is 15.6. The molecule has 1 atom stereocenters. The summed E-state index contributed by atoms with van der Waals surface area (Å²) in [7, 11) is -3.82. The molecule has 0 radical (unpaired) electrons. The molecule has 0 fully saturated rings. The Balaban J connectivity index is 1.82. The van der Waals surface area contributed by atoms with Crippen LogP contribution in [0.15, 0.2) is 34.2 Å². The molecular weight excluding hydrogens is 424 g/mol. The topological polar surface area (TPSA) is 134 Å². The van der Waals surface area contributed by atoms with Crippen molar-refractivity contribution in [1.29, 1.82) is 5.26 Å². The molecule has 0 aliphatic carbocycles. The van der Waals surface area contributed by atoms with Crippen LogP contribution in [-0.2, 0) is 21.2 Å². The van der Waals surface area contributed by atoms with Gasteiger partial charge < -0.3 is 4.90 Å². The summed E-state index contributed by atoms with van der Waals surface area (Å²) < 4.78 is 23.2. The number of pyridine rings is 1. The van der Waals surface area contributed by atoms with Crippen molar-refractivity contribution in [3.05, 3.63) is 46.6 Å². The standard InChI is InChI=1S/C20H20N4O4S2/c1-11-6-14-7-16(30(22,27)28)4-5-18(14)24(11)19(26)10-29-20-15(9-21)8-17(13(3)25)12(2)23-20/h4-5,7-8,11H,6,10H2,1-3H3,(H2,22,27,28)/t11-/m0/s1. The Kier molecular flexibility index (Phi) is 5.99. The third kappa shape index (κ3) is 4.23. The van der Waals surface area contributed by atoms with Crippen molar-refractivity contribution in [2.75, 3.05) is 10.7 Å². The zero-order chi connectivity index (χ0) is 22.2. The van der Waals surface area contributed by atoms with Crippen LogP contribution in [0.5, 0.6) is 0 Å². The van der Waals surface area contributed by atoms with E-state index in [-0.39, 0.29) is 33.9 Å². The van der Waals surface area contributed by atoms with E-state index < -0.39 is 10.0 Å². The number of nitrogens with zero attached hydrogens (tertiary/aromatic N) is 3. The molecule has 0 saturated heterocycles. The van der Waals surface area contributed by atoms with Crippen molar-refractivity contribution in [2.45, 2.75) is 43.2 Å². The molecule has 1 amide bonds. The third-order valence-electron chi connectivity index (χ3n) is 4.87. The fourth-order valence-corrected chi connectivity index (χ4v) is 4.92. The fourth-order valence-electron chi connectivity index (χ4n) is 3.49. The Morgan fingerprint density at radius 1 is 1.37 bits per heavy atom. The lowest BCUT2D eigenvalue weighted by molar-refractivity contribution is -0.116. The van der Waals surface area contributed by atoms with E-state index in [1.54, 1.807) is 17.9 Å². The predicted octanol–water partition coefficient (Wildman–Crippen LogP) is 2.18. The first-order chi connectivity index (χ1) is 14.0. The number of carbonyl (C=O) groups is 2. The summed E-state index contributed by atoms with van der Waals surface area (Å²) in [6, 6.07) is 7.86. The van der Waals surface area contributed by atoms with Gasteiger partial charge in [-0.1, -0.05) is 11.8 Å². The van der Waals surface area contributed by atoms with Gasteiger partial charge in [0.05, 0.1) is 16.2 Å². The van der Waals surface area contributed by atoms with Crippen LogP contribution in [0.2, 0.25) is 0 Å². The van der Waals surface area contributed by atoms with Crippen LogP contribution in [0, 0.1) is 18.3 Å². The zero-order valence-corrected chi connectivity index (χ0v) is 18.3. The lowest BCUT2D eigenvalue weighted by Gasteiger charge is -2.22. The van der Waals surface area contributed by atoms with E-state index in [0.717, 1.165) is 17.3 Å². The summed E-state index contributed by atoms with van der Waals surface area (Å²) in [4.78, 5) is 30.6. The first kappa shape index (κ1) is 22.0. The average molecular weight is 445 g/mol. The largest absolute Gasteiger partial charge is 0.308 e. The maximum absolute atomic E-state index is 12.9. The predicted molar refractivity (Wildman–Crippen MR) is 113 cm³/mol. The minimum atomic E-state index is -3.82. The number of benzene rings is 1. The van der Waals surface area contributed by atoms with Crippen molar-refractivity contribution in [3.63, 3.8) is 0 Å². The molecule has 2 N–H and O–H groups in total. The maximum atomic E-state index is 12.9. The Labute approximate surface area is 179 Å². The van der Waals surface area contributed by atoms with E-state index in [9.17, 15) is 23.3 Å². The number of carbonyl (C=O) groups excluding carboxylic acids is 2. The molecule has 3 rings (SSSR count). The summed E-state index contributed by atoms with van der Waals surface area (Å²) in [5.74, 6) is -0.319. The van der Waals surface area contributed by atoms with Crippen molar-refractivity contribution in [3.8, 4) is 6.07 Å². The number of hydrogen-bond acceptors (Lipinski definition) is 7. The summed E-state index contributed by atoms with van der Waals surface area (Å²) in [6.07, 6.45) is 0.517. The molecule has 1 aliphatic rings. The maximum Gasteiger partial charge on any atom is 0.238 e. The van der Waals surface area contributed by atoms with Crippen LogP contribution in [0.1, 0.15) is 41.0 Å². The SMILES string of the molecule is CC(=O)c1cc(C#N)c(SCC(=O)N2c3ccc(S(N)(=O)=O)cc3C[C@@H]2C)nc1C. The number of primary sulfonamides is 1. The van der Waals surface area contributed by atoms with E-state index >= 15 is 0 Å². The number of hydrogen-bond donors (Lipinski definition) is 1. The highest BCUT2D eigenvalue weighted by molar-refractivity contribution is 8.00. The summed E-state index contributed by atoms with van der Waals surface area (Å²) >= 11 is 1.13. The first-order valence-corrected chi connectivity index (χ1v) is 11.6. The number of rotatable bonds is 5. The lowest BCUT2D eigenvalue weighted by atomic mass is 10.1. The van der Waals surface area contributed by atoms with E-state index in [0.29, 0.717) is 28.4 Å². The van der Waals surface area contributed by atoms with E-state index in [1.165, 1.54) is 25.1 Å². The van der Waals surface area contributed by atoms with Crippen LogP contribution in [-0.4, -0.2) is 36.9 Å². The lowest BCUT2D eigenvalue weighted by Crippen LogP contribution is -2.37. The van der Waals surface area contributed by atoms with Gasteiger partial charge in [-0.3, -0.25) is 9.59 Å². The Bertz CT molecular complexity index is 1200. The molecule has 10 heteroatoms. The molecular formula is C20H20N4O4S2. The molecule has 0 spiro atoms. The monoisotopic (exact) mass is 444 g/mol. The number of anilines is 1. The van der Waals surface area contributed by atoms with Gasteiger partial charge in [-0.2, -0.15) is 5.26 Å². The molecule has 2 aromatic rings. The van der Waals surface area contributed by atoms with Crippen LogP contribution in [0.25, 0.3) is 0 Å².